The van der Waals surface area contributed by atoms with E-state index in [2.05, 4.69) is 18.3 Å². The molecule has 0 aromatic carbocycles. The number of rotatable bonds is 6. The second-order valence-electron chi connectivity index (χ2n) is 5.16. The predicted molar refractivity (Wildman–Crippen MR) is 82.1 cm³/mol. The molecule has 1 amide bonds. The summed E-state index contributed by atoms with van der Waals surface area (Å²) in [5, 5.41) is 13.0. The van der Waals surface area contributed by atoms with Crippen molar-refractivity contribution in [2.24, 2.45) is 0 Å². The molecule has 0 bridgehead atoms. The second kappa shape index (κ2) is 6.14. The number of nitrogens with zero attached hydrogens (tertiary/aromatic N) is 2. The number of anilines is 2. The van der Waals surface area contributed by atoms with E-state index >= 15 is 0 Å². The number of nitrogens with one attached hydrogen (secondary N) is 1. The first-order valence-electron chi connectivity index (χ1n) is 6.92. The second-order valence-corrected chi connectivity index (χ2v) is 6.16. The van der Waals surface area contributed by atoms with Gasteiger partial charge in [0.05, 0.1) is 5.69 Å². The minimum Gasteiger partial charge on any atom is -0.396 e. The van der Waals surface area contributed by atoms with E-state index in [-0.39, 0.29) is 11.9 Å². The maximum atomic E-state index is 12.1. The quantitative estimate of drug-likeness (QED) is 0.843. The molecule has 1 fully saturated rings. The SMILES string of the molecule is CCCCN(C)c1sc(C(=O)NC2CC2)c(N)c1C#N. The monoisotopic (exact) mass is 292 g/mol. The van der Waals surface area contributed by atoms with E-state index in [1.165, 1.54) is 11.3 Å². The molecule has 1 aliphatic carbocycles. The Labute approximate surface area is 123 Å². The molecule has 0 unspecified atom stereocenters. The van der Waals surface area contributed by atoms with E-state index in [0.717, 1.165) is 37.2 Å². The van der Waals surface area contributed by atoms with Crippen LogP contribution in [-0.4, -0.2) is 25.5 Å². The van der Waals surface area contributed by atoms with Gasteiger partial charge in [0.15, 0.2) is 0 Å². The average Bonchev–Trinajstić information content (AvgIpc) is 3.17. The molecule has 0 atom stereocenters. The number of thiophene rings is 1. The summed E-state index contributed by atoms with van der Waals surface area (Å²) < 4.78 is 0. The van der Waals surface area contributed by atoms with Crippen LogP contribution in [0.1, 0.15) is 47.8 Å². The zero-order valence-corrected chi connectivity index (χ0v) is 12.7. The van der Waals surface area contributed by atoms with E-state index in [0.29, 0.717) is 16.1 Å². The Bertz CT molecular complexity index is 542. The van der Waals surface area contributed by atoms with Crippen LogP contribution < -0.4 is 16.0 Å². The fraction of sp³-hybridized carbons (Fsp3) is 0.571. The van der Waals surface area contributed by atoms with Gasteiger partial charge in [-0.2, -0.15) is 5.26 Å². The lowest BCUT2D eigenvalue weighted by atomic mass is 10.2. The van der Waals surface area contributed by atoms with Crippen molar-refractivity contribution < 1.29 is 4.79 Å². The van der Waals surface area contributed by atoms with Gasteiger partial charge in [-0.15, -0.1) is 11.3 Å². The Balaban J connectivity index is 2.23. The number of amides is 1. The van der Waals surface area contributed by atoms with Gasteiger partial charge in [0.2, 0.25) is 0 Å². The Morgan fingerprint density at radius 1 is 1.60 bits per heavy atom. The van der Waals surface area contributed by atoms with E-state index < -0.39 is 0 Å². The minimum absolute atomic E-state index is 0.151. The van der Waals surface area contributed by atoms with Crippen molar-refractivity contribution in [2.45, 2.75) is 38.6 Å². The normalized spacial score (nSPS) is 13.8. The summed E-state index contributed by atoms with van der Waals surface area (Å²) >= 11 is 1.31. The van der Waals surface area contributed by atoms with Crippen LogP contribution in [0.2, 0.25) is 0 Å². The summed E-state index contributed by atoms with van der Waals surface area (Å²) in [5.74, 6) is -0.151. The van der Waals surface area contributed by atoms with Crippen molar-refractivity contribution in [1.82, 2.24) is 5.32 Å². The summed E-state index contributed by atoms with van der Waals surface area (Å²) in [6.45, 7) is 2.98. The van der Waals surface area contributed by atoms with Gasteiger partial charge in [-0.3, -0.25) is 4.79 Å². The standard InChI is InChI=1S/C14H20N4OS/c1-3-4-7-18(2)14-10(8-15)11(16)12(20-14)13(19)17-9-5-6-9/h9H,3-7,16H2,1-2H3,(H,17,19). The molecule has 108 valence electrons. The van der Waals surface area contributed by atoms with Crippen LogP contribution in [0.25, 0.3) is 0 Å². The molecular weight excluding hydrogens is 272 g/mol. The zero-order chi connectivity index (χ0) is 14.7. The highest BCUT2D eigenvalue weighted by Gasteiger charge is 2.28. The first-order valence-corrected chi connectivity index (χ1v) is 7.74. The lowest BCUT2D eigenvalue weighted by Crippen LogP contribution is -2.25. The van der Waals surface area contributed by atoms with Gasteiger partial charge in [0.1, 0.15) is 21.5 Å². The van der Waals surface area contributed by atoms with Crippen molar-refractivity contribution in [3.63, 3.8) is 0 Å². The van der Waals surface area contributed by atoms with Gasteiger partial charge in [0.25, 0.3) is 5.91 Å². The third-order valence-corrected chi connectivity index (χ3v) is 4.67. The topological polar surface area (TPSA) is 82.2 Å². The Morgan fingerprint density at radius 2 is 2.30 bits per heavy atom. The van der Waals surface area contributed by atoms with Crippen LogP contribution in [-0.2, 0) is 0 Å². The predicted octanol–water partition coefficient (Wildman–Crippen LogP) is 2.33. The molecule has 1 aromatic rings. The van der Waals surface area contributed by atoms with Gasteiger partial charge in [-0.25, -0.2) is 0 Å². The smallest absolute Gasteiger partial charge is 0.263 e. The number of nitriles is 1. The van der Waals surface area contributed by atoms with Gasteiger partial charge < -0.3 is 16.0 Å². The number of carbonyl (C=O) groups excluding carboxylic acids is 1. The van der Waals surface area contributed by atoms with Crippen molar-refractivity contribution in [2.75, 3.05) is 24.2 Å². The van der Waals surface area contributed by atoms with Crippen LogP contribution in [0.15, 0.2) is 0 Å². The molecule has 6 heteroatoms. The highest BCUT2D eigenvalue weighted by Crippen LogP contribution is 2.37. The Morgan fingerprint density at radius 3 is 2.85 bits per heavy atom. The summed E-state index contributed by atoms with van der Waals surface area (Å²) in [4.78, 5) is 14.6. The number of nitrogen functional groups attached to an aromatic ring is 1. The summed E-state index contributed by atoms with van der Waals surface area (Å²) in [5.41, 5.74) is 6.72. The molecule has 0 spiro atoms. The minimum atomic E-state index is -0.151. The van der Waals surface area contributed by atoms with E-state index in [9.17, 15) is 10.1 Å². The van der Waals surface area contributed by atoms with Crippen molar-refractivity contribution in [1.29, 1.82) is 5.26 Å². The number of unbranched alkanes of at least 4 members (excludes halogenated alkanes) is 1. The maximum Gasteiger partial charge on any atom is 0.263 e. The van der Waals surface area contributed by atoms with Crippen LogP contribution in [0.3, 0.4) is 0 Å². The summed E-state index contributed by atoms with van der Waals surface area (Å²) in [7, 11) is 1.93. The molecule has 0 radical (unpaired) electrons. The van der Waals surface area contributed by atoms with E-state index in [1.807, 2.05) is 11.9 Å². The number of hydrogen-bond acceptors (Lipinski definition) is 5. The van der Waals surface area contributed by atoms with E-state index in [1.54, 1.807) is 0 Å². The molecule has 1 aromatic heterocycles. The molecule has 1 aliphatic rings. The van der Waals surface area contributed by atoms with E-state index in [4.69, 9.17) is 5.73 Å². The van der Waals surface area contributed by atoms with Gasteiger partial charge in [0, 0.05) is 19.6 Å². The molecule has 20 heavy (non-hydrogen) atoms. The fourth-order valence-corrected chi connectivity index (χ4v) is 3.01. The maximum absolute atomic E-state index is 12.1. The lowest BCUT2D eigenvalue weighted by molar-refractivity contribution is 0.0956. The third kappa shape index (κ3) is 3.05. The van der Waals surface area contributed by atoms with Gasteiger partial charge in [-0.1, -0.05) is 13.3 Å². The Kier molecular flexibility index (Phi) is 4.50. The van der Waals surface area contributed by atoms with Crippen LogP contribution in [0.4, 0.5) is 10.7 Å². The molecule has 3 N–H and O–H groups in total. The molecule has 1 heterocycles. The number of hydrogen-bond donors (Lipinski definition) is 2. The lowest BCUT2D eigenvalue weighted by Gasteiger charge is -2.16. The zero-order valence-electron chi connectivity index (χ0n) is 11.9. The molecular formula is C14H20N4OS. The fourth-order valence-electron chi connectivity index (χ4n) is 1.95. The third-order valence-electron chi connectivity index (χ3n) is 3.35. The van der Waals surface area contributed by atoms with Crippen LogP contribution >= 0.6 is 11.3 Å². The van der Waals surface area contributed by atoms with Crippen LogP contribution in [0, 0.1) is 11.3 Å². The largest absolute Gasteiger partial charge is 0.396 e. The number of carbonyl (C=O) groups is 1. The molecule has 1 saturated carbocycles. The summed E-state index contributed by atoms with van der Waals surface area (Å²) in [6.07, 6.45) is 4.20. The molecule has 5 nitrogen and oxygen atoms in total. The highest BCUT2D eigenvalue weighted by molar-refractivity contribution is 7.19. The number of nitrogens with two attached hydrogens (primary N) is 1. The average molecular weight is 292 g/mol. The summed E-state index contributed by atoms with van der Waals surface area (Å²) in [6, 6.07) is 2.42. The Hall–Kier alpha value is -1.74. The molecule has 0 saturated heterocycles. The molecule has 2 rings (SSSR count). The van der Waals surface area contributed by atoms with Crippen LogP contribution in [0.5, 0.6) is 0 Å². The van der Waals surface area contributed by atoms with Crippen molar-refractivity contribution in [3.8, 4) is 6.07 Å². The highest BCUT2D eigenvalue weighted by atomic mass is 32.1. The van der Waals surface area contributed by atoms with Gasteiger partial charge >= 0.3 is 0 Å². The van der Waals surface area contributed by atoms with Gasteiger partial charge in [-0.05, 0) is 19.3 Å². The van der Waals surface area contributed by atoms with Crippen molar-refractivity contribution in [3.05, 3.63) is 10.4 Å². The van der Waals surface area contributed by atoms with Crippen molar-refractivity contribution >= 4 is 27.9 Å². The molecule has 0 aliphatic heterocycles. The first-order chi connectivity index (χ1) is 9.58. The first kappa shape index (κ1) is 14.7.